The summed E-state index contributed by atoms with van der Waals surface area (Å²) in [6.45, 7) is 2.59. The van der Waals surface area contributed by atoms with Crippen LogP contribution in [-0.4, -0.2) is 24.1 Å². The third-order valence-electron chi connectivity index (χ3n) is 5.59. The largest absolute Gasteiger partial charge is 0.487 e. The molecule has 2 aromatic carbocycles. The van der Waals surface area contributed by atoms with E-state index in [9.17, 15) is 17.6 Å². The van der Waals surface area contributed by atoms with Gasteiger partial charge in [0.15, 0.2) is 11.6 Å². The van der Waals surface area contributed by atoms with Crippen LogP contribution in [0.5, 0.6) is 5.75 Å². The van der Waals surface area contributed by atoms with E-state index in [1.54, 1.807) is 0 Å². The fourth-order valence-corrected chi connectivity index (χ4v) is 4.35. The van der Waals surface area contributed by atoms with Crippen molar-refractivity contribution < 1.29 is 22.3 Å². The monoisotopic (exact) mass is 379 g/mol. The maximum Gasteiger partial charge on any atom is 0.416 e. The van der Waals surface area contributed by atoms with Gasteiger partial charge >= 0.3 is 6.18 Å². The van der Waals surface area contributed by atoms with Crippen LogP contribution in [-0.2, 0) is 12.7 Å². The van der Waals surface area contributed by atoms with Gasteiger partial charge in [0.1, 0.15) is 6.10 Å². The van der Waals surface area contributed by atoms with Crippen molar-refractivity contribution in [1.29, 1.82) is 0 Å². The van der Waals surface area contributed by atoms with Crippen LogP contribution in [0, 0.1) is 17.7 Å². The number of nitrogens with zero attached hydrogens (tertiary/aromatic N) is 1. The molecule has 0 N–H and O–H groups in total. The van der Waals surface area contributed by atoms with Crippen molar-refractivity contribution in [2.75, 3.05) is 13.1 Å². The molecule has 0 amide bonds. The molecule has 1 saturated heterocycles. The fraction of sp³-hybridized carbons (Fsp3) is 0.429. The number of likely N-dealkylation sites (tertiary alicyclic amines) is 1. The average Bonchev–Trinajstić information content (AvgIpc) is 2.85. The zero-order valence-corrected chi connectivity index (χ0v) is 14.8. The first-order valence-corrected chi connectivity index (χ1v) is 9.20. The molecule has 2 aromatic rings. The molecule has 6 heteroatoms. The molecule has 4 rings (SSSR count). The number of hydrogen-bond acceptors (Lipinski definition) is 2. The molecule has 1 unspecified atom stereocenters. The number of ether oxygens (including phenoxy) is 1. The summed E-state index contributed by atoms with van der Waals surface area (Å²) in [6, 6.07) is 12.7. The van der Waals surface area contributed by atoms with Gasteiger partial charge in [-0.25, -0.2) is 4.39 Å². The topological polar surface area (TPSA) is 12.5 Å². The van der Waals surface area contributed by atoms with E-state index in [4.69, 9.17) is 4.74 Å². The second-order valence-corrected chi connectivity index (χ2v) is 7.50. The summed E-state index contributed by atoms with van der Waals surface area (Å²) in [7, 11) is 0. The highest BCUT2D eigenvalue weighted by molar-refractivity contribution is 5.31. The van der Waals surface area contributed by atoms with E-state index in [1.165, 1.54) is 5.56 Å². The van der Waals surface area contributed by atoms with Gasteiger partial charge in [0, 0.05) is 31.5 Å². The summed E-state index contributed by atoms with van der Waals surface area (Å²) in [5.74, 6) is -0.486. The summed E-state index contributed by atoms with van der Waals surface area (Å²) in [4.78, 5) is 2.39. The summed E-state index contributed by atoms with van der Waals surface area (Å²) in [6.07, 6.45) is -2.68. The van der Waals surface area contributed by atoms with Gasteiger partial charge in [-0.1, -0.05) is 30.3 Å². The summed E-state index contributed by atoms with van der Waals surface area (Å²) in [5.41, 5.74) is 0.262. The van der Waals surface area contributed by atoms with Gasteiger partial charge in [-0.05, 0) is 36.6 Å². The number of halogens is 4. The highest BCUT2D eigenvalue weighted by atomic mass is 19.4. The van der Waals surface area contributed by atoms with Gasteiger partial charge in [0.2, 0.25) is 0 Å². The molecular weight excluding hydrogens is 358 g/mol. The molecule has 144 valence electrons. The SMILES string of the molecule is Fc1cc(C(F)(F)F)ccc1OC1[C@@H]2CC[C@H]1CN(Cc1ccccc1)C2. The van der Waals surface area contributed by atoms with Crippen LogP contribution < -0.4 is 4.74 Å². The molecule has 1 heterocycles. The molecule has 0 aromatic heterocycles. The Kier molecular flexibility index (Phi) is 4.84. The predicted octanol–water partition coefficient (Wildman–Crippen LogP) is 5.13. The van der Waals surface area contributed by atoms with Crippen molar-refractivity contribution in [3.05, 3.63) is 65.5 Å². The Morgan fingerprint density at radius 1 is 0.963 bits per heavy atom. The Bertz CT molecular complexity index is 779. The molecule has 0 radical (unpaired) electrons. The lowest BCUT2D eigenvalue weighted by Crippen LogP contribution is -2.46. The Balaban J connectivity index is 1.43. The third kappa shape index (κ3) is 3.95. The highest BCUT2D eigenvalue weighted by Gasteiger charge is 2.44. The van der Waals surface area contributed by atoms with Crippen molar-refractivity contribution in [2.24, 2.45) is 11.8 Å². The maximum atomic E-state index is 14.1. The first kappa shape index (κ1) is 18.3. The van der Waals surface area contributed by atoms with Crippen molar-refractivity contribution in [3.8, 4) is 5.75 Å². The lowest BCUT2D eigenvalue weighted by Gasteiger charge is -2.38. The number of hydrogen-bond donors (Lipinski definition) is 0. The van der Waals surface area contributed by atoms with Gasteiger partial charge in [0.05, 0.1) is 5.56 Å². The summed E-state index contributed by atoms with van der Waals surface area (Å²) in [5, 5.41) is 0. The molecular formula is C21H21F4NO. The van der Waals surface area contributed by atoms with Crippen LogP contribution >= 0.6 is 0 Å². The smallest absolute Gasteiger partial charge is 0.416 e. The minimum Gasteiger partial charge on any atom is -0.487 e. The van der Waals surface area contributed by atoms with Gasteiger partial charge in [-0.3, -0.25) is 4.90 Å². The lowest BCUT2D eigenvalue weighted by atomic mass is 9.94. The van der Waals surface area contributed by atoms with E-state index in [1.807, 2.05) is 18.2 Å². The number of fused-ring (bicyclic) bond motifs is 2. The highest BCUT2D eigenvalue weighted by Crippen LogP contribution is 2.41. The minimum atomic E-state index is -4.55. The molecule has 27 heavy (non-hydrogen) atoms. The molecule has 1 aliphatic carbocycles. The van der Waals surface area contributed by atoms with E-state index in [0.717, 1.165) is 44.6 Å². The molecule has 3 atom stereocenters. The second-order valence-electron chi connectivity index (χ2n) is 7.50. The summed E-state index contributed by atoms with van der Waals surface area (Å²) >= 11 is 0. The van der Waals surface area contributed by atoms with E-state index < -0.39 is 17.6 Å². The zero-order valence-electron chi connectivity index (χ0n) is 14.8. The predicted molar refractivity (Wildman–Crippen MR) is 93.8 cm³/mol. The van der Waals surface area contributed by atoms with Crippen molar-refractivity contribution in [1.82, 2.24) is 4.90 Å². The van der Waals surface area contributed by atoms with Gasteiger partial charge in [-0.2, -0.15) is 13.2 Å². The standard InChI is InChI=1S/C21H21F4NO/c22-18-10-17(21(23,24)25)8-9-19(18)27-20-15-6-7-16(20)13-26(12-15)11-14-4-2-1-3-5-14/h1-5,8-10,15-16,20H,6-7,11-13H2/t15-,16+,20?. The normalized spacial score (nSPS) is 25.6. The van der Waals surface area contributed by atoms with E-state index in [2.05, 4.69) is 17.0 Å². The molecule has 2 nitrogen and oxygen atoms in total. The lowest BCUT2D eigenvalue weighted by molar-refractivity contribution is -0.137. The Labute approximate surface area is 155 Å². The van der Waals surface area contributed by atoms with Crippen LogP contribution in [0.25, 0.3) is 0 Å². The van der Waals surface area contributed by atoms with Crippen molar-refractivity contribution in [3.63, 3.8) is 0 Å². The van der Waals surface area contributed by atoms with Crippen LogP contribution in [0.3, 0.4) is 0 Å². The van der Waals surface area contributed by atoms with Gasteiger partial charge < -0.3 is 4.74 Å². The molecule has 2 fully saturated rings. The van der Waals surface area contributed by atoms with Crippen molar-refractivity contribution >= 4 is 0 Å². The first-order chi connectivity index (χ1) is 12.9. The number of rotatable bonds is 4. The zero-order chi connectivity index (χ0) is 19.0. The second kappa shape index (κ2) is 7.15. The Hall–Kier alpha value is -2.08. The number of benzene rings is 2. The van der Waals surface area contributed by atoms with Crippen LogP contribution in [0.1, 0.15) is 24.0 Å². The Morgan fingerprint density at radius 2 is 1.63 bits per heavy atom. The van der Waals surface area contributed by atoms with Crippen LogP contribution in [0.15, 0.2) is 48.5 Å². The van der Waals surface area contributed by atoms with E-state index >= 15 is 0 Å². The Morgan fingerprint density at radius 3 is 2.22 bits per heavy atom. The average molecular weight is 379 g/mol. The van der Waals surface area contributed by atoms with Crippen LogP contribution in [0.4, 0.5) is 17.6 Å². The van der Waals surface area contributed by atoms with Crippen LogP contribution in [0.2, 0.25) is 0 Å². The molecule has 2 bridgehead atoms. The van der Waals surface area contributed by atoms with Crippen molar-refractivity contribution in [2.45, 2.75) is 31.7 Å². The van der Waals surface area contributed by atoms with Gasteiger partial charge in [0.25, 0.3) is 0 Å². The van der Waals surface area contributed by atoms with E-state index in [-0.39, 0.29) is 23.7 Å². The maximum absolute atomic E-state index is 14.1. The van der Waals surface area contributed by atoms with E-state index in [0.29, 0.717) is 6.07 Å². The molecule has 1 saturated carbocycles. The number of alkyl halides is 3. The molecule has 2 aliphatic rings. The molecule has 0 spiro atoms. The third-order valence-corrected chi connectivity index (χ3v) is 5.59. The fourth-order valence-electron chi connectivity index (χ4n) is 4.35. The minimum absolute atomic E-state index is 0.0820. The molecule has 1 aliphatic heterocycles. The summed E-state index contributed by atoms with van der Waals surface area (Å²) < 4.78 is 58.1. The number of piperidine rings is 1. The first-order valence-electron chi connectivity index (χ1n) is 9.20. The van der Waals surface area contributed by atoms with Gasteiger partial charge in [-0.15, -0.1) is 0 Å². The quantitative estimate of drug-likeness (QED) is 0.683.